The van der Waals surface area contributed by atoms with Gasteiger partial charge in [0.15, 0.2) is 0 Å². The van der Waals surface area contributed by atoms with E-state index in [2.05, 4.69) is 33.0 Å². The molecule has 0 aromatic rings. The van der Waals surface area contributed by atoms with Gasteiger partial charge >= 0.3 is 0 Å². The van der Waals surface area contributed by atoms with E-state index in [1.54, 1.807) is 0 Å². The molecule has 0 saturated heterocycles. The number of rotatable bonds is 5. The van der Waals surface area contributed by atoms with Crippen molar-refractivity contribution < 1.29 is 4.21 Å². The second-order valence-electron chi connectivity index (χ2n) is 6.28. The molecule has 0 radical (unpaired) electrons. The van der Waals surface area contributed by atoms with Crippen LogP contribution in [0.3, 0.4) is 0 Å². The third kappa shape index (κ3) is 5.09. The Hall–Kier alpha value is 0.110. The van der Waals surface area contributed by atoms with Gasteiger partial charge < -0.3 is 5.32 Å². The van der Waals surface area contributed by atoms with Crippen molar-refractivity contribution in [3.8, 4) is 0 Å². The lowest BCUT2D eigenvalue weighted by Crippen LogP contribution is -2.45. The van der Waals surface area contributed by atoms with Crippen LogP contribution in [-0.2, 0) is 10.8 Å². The molecule has 2 nitrogen and oxygen atoms in total. The summed E-state index contributed by atoms with van der Waals surface area (Å²) in [7, 11) is -0.647. The minimum absolute atomic E-state index is 0.195. The Labute approximate surface area is 109 Å². The zero-order valence-electron chi connectivity index (χ0n) is 11.9. The van der Waals surface area contributed by atoms with E-state index >= 15 is 0 Å². The molecule has 1 aliphatic carbocycles. The fourth-order valence-corrected chi connectivity index (χ4v) is 4.57. The summed E-state index contributed by atoms with van der Waals surface area (Å²) in [6.45, 7) is 9.79. The molecular formula is C14H29NOS. The van der Waals surface area contributed by atoms with Gasteiger partial charge in [-0.3, -0.25) is 4.21 Å². The standard InChI is InChI=1S/C14H29NOS/c1-5-15-13(14(2,3)4)11-17(16)12-9-7-6-8-10-12/h12-13,15H,5-11H2,1-4H3. The van der Waals surface area contributed by atoms with E-state index in [0.29, 0.717) is 11.3 Å². The summed E-state index contributed by atoms with van der Waals surface area (Å²) < 4.78 is 12.4. The highest BCUT2D eigenvalue weighted by Gasteiger charge is 2.28. The van der Waals surface area contributed by atoms with Gasteiger partial charge in [0.2, 0.25) is 0 Å². The Balaban J connectivity index is 2.51. The Morgan fingerprint density at radius 3 is 2.29 bits per heavy atom. The first-order chi connectivity index (χ1) is 7.95. The third-order valence-corrected chi connectivity index (χ3v) is 5.63. The fourth-order valence-electron chi connectivity index (χ4n) is 2.49. The van der Waals surface area contributed by atoms with Crippen LogP contribution in [0.4, 0.5) is 0 Å². The minimum Gasteiger partial charge on any atom is -0.313 e. The monoisotopic (exact) mass is 259 g/mol. The molecule has 2 unspecified atom stereocenters. The fraction of sp³-hybridized carbons (Fsp3) is 1.00. The molecule has 102 valence electrons. The summed E-state index contributed by atoms with van der Waals surface area (Å²) in [6, 6.07) is 0.371. The number of nitrogens with one attached hydrogen (secondary N) is 1. The molecule has 0 heterocycles. The van der Waals surface area contributed by atoms with Crippen LogP contribution in [0.5, 0.6) is 0 Å². The molecule has 1 fully saturated rings. The van der Waals surface area contributed by atoms with Gasteiger partial charge in [0.05, 0.1) is 0 Å². The van der Waals surface area contributed by atoms with Crippen LogP contribution in [0, 0.1) is 5.41 Å². The van der Waals surface area contributed by atoms with Gasteiger partial charge in [-0.05, 0) is 24.8 Å². The van der Waals surface area contributed by atoms with Crippen molar-refractivity contribution in [2.24, 2.45) is 5.41 Å². The van der Waals surface area contributed by atoms with Crippen LogP contribution in [0.25, 0.3) is 0 Å². The van der Waals surface area contributed by atoms with Crippen LogP contribution >= 0.6 is 0 Å². The molecule has 0 amide bonds. The molecule has 0 aromatic carbocycles. The SMILES string of the molecule is CCNC(CS(=O)C1CCCCC1)C(C)(C)C. The van der Waals surface area contributed by atoms with Crippen molar-refractivity contribution in [1.82, 2.24) is 5.32 Å². The molecule has 3 heteroatoms. The first-order valence-corrected chi connectivity index (χ1v) is 8.44. The Morgan fingerprint density at radius 2 is 1.82 bits per heavy atom. The molecule has 2 atom stereocenters. The quantitative estimate of drug-likeness (QED) is 0.822. The third-order valence-electron chi connectivity index (χ3n) is 3.75. The molecular weight excluding hydrogens is 230 g/mol. The zero-order chi connectivity index (χ0) is 12.9. The van der Waals surface area contributed by atoms with E-state index in [4.69, 9.17) is 0 Å². The smallest absolute Gasteiger partial charge is 0.0396 e. The normalized spacial score (nSPS) is 22.4. The molecule has 0 bridgehead atoms. The first kappa shape index (κ1) is 15.2. The van der Waals surface area contributed by atoms with Gasteiger partial charge in [-0.15, -0.1) is 0 Å². The summed E-state index contributed by atoms with van der Waals surface area (Å²) in [5, 5.41) is 3.96. The van der Waals surface area contributed by atoms with Gasteiger partial charge in [-0.2, -0.15) is 0 Å². The van der Waals surface area contributed by atoms with Gasteiger partial charge in [0.25, 0.3) is 0 Å². The van der Waals surface area contributed by atoms with Crippen LogP contribution in [0.1, 0.15) is 59.8 Å². The van der Waals surface area contributed by atoms with Crippen molar-refractivity contribution in [3.05, 3.63) is 0 Å². The second kappa shape index (κ2) is 6.89. The van der Waals surface area contributed by atoms with E-state index in [1.165, 1.54) is 32.1 Å². The maximum Gasteiger partial charge on any atom is 0.0396 e. The summed E-state index contributed by atoms with van der Waals surface area (Å²) in [5.41, 5.74) is 0.195. The van der Waals surface area contributed by atoms with Crippen molar-refractivity contribution in [2.45, 2.75) is 71.1 Å². The van der Waals surface area contributed by atoms with Crippen LogP contribution in [0.15, 0.2) is 0 Å². The summed E-state index contributed by atoms with van der Waals surface area (Å²) >= 11 is 0. The average molecular weight is 259 g/mol. The van der Waals surface area contributed by atoms with Gasteiger partial charge in [-0.25, -0.2) is 0 Å². The van der Waals surface area contributed by atoms with Gasteiger partial charge in [-0.1, -0.05) is 47.0 Å². The Kier molecular flexibility index (Phi) is 6.14. The van der Waals surface area contributed by atoms with Crippen LogP contribution < -0.4 is 5.32 Å². The van der Waals surface area contributed by atoms with E-state index in [9.17, 15) is 4.21 Å². The highest BCUT2D eigenvalue weighted by molar-refractivity contribution is 7.85. The van der Waals surface area contributed by atoms with Crippen LogP contribution in [-0.4, -0.2) is 27.8 Å². The van der Waals surface area contributed by atoms with E-state index in [1.807, 2.05) is 0 Å². The molecule has 17 heavy (non-hydrogen) atoms. The minimum atomic E-state index is -0.647. The first-order valence-electron chi connectivity index (χ1n) is 7.05. The predicted octanol–water partition coefficient (Wildman–Crippen LogP) is 3.09. The lowest BCUT2D eigenvalue weighted by Gasteiger charge is -2.32. The summed E-state index contributed by atoms with van der Waals surface area (Å²) in [5.74, 6) is 0.821. The highest BCUT2D eigenvalue weighted by atomic mass is 32.2. The lowest BCUT2D eigenvalue weighted by molar-refractivity contribution is 0.293. The van der Waals surface area contributed by atoms with Crippen molar-refractivity contribution in [1.29, 1.82) is 0 Å². The zero-order valence-corrected chi connectivity index (χ0v) is 12.7. The lowest BCUT2D eigenvalue weighted by atomic mass is 9.88. The number of hydrogen-bond donors (Lipinski definition) is 1. The van der Waals surface area contributed by atoms with E-state index < -0.39 is 10.8 Å². The highest BCUT2D eigenvalue weighted by Crippen LogP contribution is 2.25. The van der Waals surface area contributed by atoms with Gasteiger partial charge in [0, 0.05) is 27.8 Å². The van der Waals surface area contributed by atoms with Crippen molar-refractivity contribution >= 4 is 10.8 Å². The van der Waals surface area contributed by atoms with E-state index in [-0.39, 0.29) is 5.41 Å². The Morgan fingerprint density at radius 1 is 1.24 bits per heavy atom. The maximum absolute atomic E-state index is 12.4. The largest absolute Gasteiger partial charge is 0.313 e. The van der Waals surface area contributed by atoms with E-state index in [0.717, 1.165) is 12.3 Å². The van der Waals surface area contributed by atoms with Gasteiger partial charge in [0.1, 0.15) is 0 Å². The van der Waals surface area contributed by atoms with Crippen molar-refractivity contribution in [2.75, 3.05) is 12.3 Å². The van der Waals surface area contributed by atoms with Crippen LogP contribution in [0.2, 0.25) is 0 Å². The van der Waals surface area contributed by atoms with Crippen molar-refractivity contribution in [3.63, 3.8) is 0 Å². The average Bonchev–Trinajstić information content (AvgIpc) is 2.28. The molecule has 1 aliphatic rings. The molecule has 0 aliphatic heterocycles. The number of hydrogen-bond acceptors (Lipinski definition) is 2. The molecule has 0 spiro atoms. The summed E-state index contributed by atoms with van der Waals surface area (Å²) in [4.78, 5) is 0. The molecule has 1 rings (SSSR count). The molecule has 1 N–H and O–H groups in total. The molecule has 0 aromatic heterocycles. The molecule has 1 saturated carbocycles. The topological polar surface area (TPSA) is 29.1 Å². The summed E-state index contributed by atoms with van der Waals surface area (Å²) in [6.07, 6.45) is 6.24. The maximum atomic E-state index is 12.4. The Bertz CT molecular complexity index is 241. The predicted molar refractivity (Wildman–Crippen MR) is 76.8 cm³/mol. The second-order valence-corrected chi connectivity index (χ2v) is 8.05.